The first-order valence-corrected chi connectivity index (χ1v) is 12.9. The van der Waals surface area contributed by atoms with E-state index in [4.69, 9.17) is 4.74 Å². The van der Waals surface area contributed by atoms with Gasteiger partial charge in [0.15, 0.2) is 0 Å². The molecule has 0 bridgehead atoms. The molecule has 0 unspecified atom stereocenters. The third-order valence-electron chi connectivity index (χ3n) is 4.76. The summed E-state index contributed by atoms with van der Waals surface area (Å²) in [7, 11) is -1.13. The molecule has 0 heterocycles. The van der Waals surface area contributed by atoms with Gasteiger partial charge in [-0.3, -0.25) is 0 Å². The van der Waals surface area contributed by atoms with E-state index in [2.05, 4.69) is 20.0 Å². The first kappa shape index (κ1) is 20.2. The summed E-state index contributed by atoms with van der Waals surface area (Å²) < 4.78 is 5.44. The molecule has 2 aromatic carbocycles. The maximum absolute atomic E-state index is 12.2. The van der Waals surface area contributed by atoms with Crippen LogP contribution < -0.4 is 0 Å². The summed E-state index contributed by atoms with van der Waals surface area (Å²) in [6.07, 6.45) is 3.53. The number of ether oxygens (including phenoxy) is 1. The Morgan fingerprint density at radius 3 is 2.04 bits per heavy atom. The van der Waals surface area contributed by atoms with Gasteiger partial charge in [-0.2, -0.15) is 0 Å². The molecule has 1 N–H and O–H groups in total. The Balaban J connectivity index is 1.82. The second kappa shape index (κ2) is 9.58. The average Bonchev–Trinajstić information content (AvgIpc) is 2.64. The second-order valence-electron chi connectivity index (χ2n) is 7.63. The van der Waals surface area contributed by atoms with Crippen LogP contribution in [0.4, 0.5) is 0 Å². The molecule has 140 valence electrons. The third-order valence-corrected chi connectivity index (χ3v) is 8.17. The molecule has 0 fully saturated rings. The van der Waals surface area contributed by atoms with Gasteiger partial charge in [0.1, 0.15) is 5.75 Å². The van der Waals surface area contributed by atoms with Crippen molar-refractivity contribution in [3.63, 3.8) is 0 Å². The lowest BCUT2D eigenvalue weighted by Crippen LogP contribution is -2.25. The summed E-state index contributed by atoms with van der Waals surface area (Å²) in [4.78, 5) is 12.2. The summed E-state index contributed by atoms with van der Waals surface area (Å²) in [5, 5.41) is 9.36. The number of rotatable bonds is 9. The lowest BCUT2D eigenvalue weighted by atomic mass is 10.0. The highest BCUT2D eigenvalue weighted by atomic mass is 28.3. The van der Waals surface area contributed by atoms with Crippen LogP contribution in [0.5, 0.6) is 5.75 Å². The molecule has 4 heteroatoms. The Kier molecular flexibility index (Phi) is 7.46. The fourth-order valence-electron chi connectivity index (χ4n) is 3.03. The molecule has 0 aromatic heterocycles. The van der Waals surface area contributed by atoms with Crippen molar-refractivity contribution in [3.8, 4) is 16.9 Å². The van der Waals surface area contributed by atoms with Crippen LogP contribution in [0.15, 0.2) is 48.5 Å². The molecule has 0 aliphatic carbocycles. The maximum Gasteiger partial charge on any atom is 0.338 e. The second-order valence-corrected chi connectivity index (χ2v) is 13.0. The van der Waals surface area contributed by atoms with E-state index in [0.717, 1.165) is 17.5 Å². The lowest BCUT2D eigenvalue weighted by molar-refractivity contribution is 0.0505. The molecular weight excluding hydrogens is 340 g/mol. The van der Waals surface area contributed by atoms with Crippen LogP contribution in [0.25, 0.3) is 11.1 Å². The number of aromatic hydroxyl groups is 1. The number of hydrogen-bond acceptors (Lipinski definition) is 3. The Morgan fingerprint density at radius 1 is 0.923 bits per heavy atom. The average molecular weight is 371 g/mol. The predicted octanol–water partition coefficient (Wildman–Crippen LogP) is 6.11. The van der Waals surface area contributed by atoms with Crippen molar-refractivity contribution < 1.29 is 14.6 Å². The summed E-state index contributed by atoms with van der Waals surface area (Å²) in [6, 6.07) is 17.0. The zero-order chi connectivity index (χ0) is 19.0. The monoisotopic (exact) mass is 370 g/mol. The van der Waals surface area contributed by atoms with Gasteiger partial charge in [-0.15, -0.1) is 0 Å². The lowest BCUT2D eigenvalue weighted by Gasteiger charge is -2.21. The van der Waals surface area contributed by atoms with Crippen LogP contribution in [-0.4, -0.2) is 25.8 Å². The van der Waals surface area contributed by atoms with Crippen molar-refractivity contribution in [2.24, 2.45) is 0 Å². The van der Waals surface area contributed by atoms with E-state index in [-0.39, 0.29) is 11.7 Å². The van der Waals surface area contributed by atoms with Crippen molar-refractivity contribution >= 4 is 14.0 Å². The standard InChI is InChI=1S/C22H30O3Si/c1-4-5-16-26(2,3)17-6-15-25-22(24)20-9-7-18(8-10-20)19-11-13-21(23)14-12-19/h7-14,23H,4-6,15-17H2,1-3H3. The van der Waals surface area contributed by atoms with Gasteiger partial charge in [0, 0.05) is 8.07 Å². The third kappa shape index (κ3) is 6.34. The first-order valence-electron chi connectivity index (χ1n) is 9.48. The van der Waals surface area contributed by atoms with Gasteiger partial charge in [0.05, 0.1) is 12.2 Å². The van der Waals surface area contributed by atoms with Gasteiger partial charge < -0.3 is 9.84 Å². The van der Waals surface area contributed by atoms with Gasteiger partial charge in [-0.05, 0) is 41.8 Å². The summed E-state index contributed by atoms with van der Waals surface area (Å²) in [5.74, 6) is -0.00910. The number of phenolic OH excluding ortho intramolecular Hbond substituents is 1. The Bertz CT molecular complexity index is 690. The molecule has 26 heavy (non-hydrogen) atoms. The Hall–Kier alpha value is -2.07. The maximum atomic E-state index is 12.2. The normalized spacial score (nSPS) is 11.3. The van der Waals surface area contributed by atoms with Gasteiger partial charge in [-0.25, -0.2) is 4.79 Å². The highest BCUT2D eigenvalue weighted by Crippen LogP contribution is 2.23. The van der Waals surface area contributed by atoms with Crippen molar-refractivity contribution in [2.75, 3.05) is 6.61 Å². The molecule has 0 aliphatic heterocycles. The minimum Gasteiger partial charge on any atom is -0.508 e. The van der Waals surface area contributed by atoms with Crippen LogP contribution >= 0.6 is 0 Å². The zero-order valence-corrected chi connectivity index (χ0v) is 17.1. The molecule has 3 nitrogen and oxygen atoms in total. The van der Waals surface area contributed by atoms with Crippen LogP contribution in [0, 0.1) is 0 Å². The van der Waals surface area contributed by atoms with E-state index in [1.807, 2.05) is 24.3 Å². The summed E-state index contributed by atoms with van der Waals surface area (Å²) >= 11 is 0. The van der Waals surface area contributed by atoms with E-state index < -0.39 is 8.07 Å². The van der Waals surface area contributed by atoms with Crippen molar-refractivity contribution in [3.05, 3.63) is 54.1 Å². The largest absolute Gasteiger partial charge is 0.508 e. The number of carbonyl (C=O) groups is 1. The number of carbonyl (C=O) groups excluding carboxylic acids is 1. The quantitative estimate of drug-likeness (QED) is 0.329. The molecular formula is C22H30O3Si. The molecule has 2 aromatic rings. The molecule has 0 saturated carbocycles. The van der Waals surface area contributed by atoms with E-state index in [9.17, 15) is 9.90 Å². The fraction of sp³-hybridized carbons (Fsp3) is 0.409. The topological polar surface area (TPSA) is 46.5 Å². The van der Waals surface area contributed by atoms with Crippen LogP contribution in [0.2, 0.25) is 25.2 Å². The SMILES string of the molecule is CCCC[Si](C)(C)CCCOC(=O)c1ccc(-c2ccc(O)cc2)cc1. The Morgan fingerprint density at radius 2 is 1.46 bits per heavy atom. The molecule has 0 atom stereocenters. The predicted molar refractivity (Wildman–Crippen MR) is 110 cm³/mol. The minimum atomic E-state index is -1.13. The number of phenols is 1. The number of unbranched alkanes of at least 4 members (excludes halogenated alkanes) is 1. The minimum absolute atomic E-state index is 0.245. The molecule has 0 aliphatic rings. The highest BCUT2D eigenvalue weighted by molar-refractivity contribution is 6.77. The highest BCUT2D eigenvalue weighted by Gasteiger charge is 2.19. The van der Waals surface area contributed by atoms with Crippen LogP contribution in [0.1, 0.15) is 36.5 Å². The van der Waals surface area contributed by atoms with Crippen molar-refractivity contribution in [2.45, 2.75) is 51.4 Å². The Labute approximate surface area is 158 Å². The summed E-state index contributed by atoms with van der Waals surface area (Å²) in [6.45, 7) is 7.58. The van der Waals surface area contributed by atoms with Crippen LogP contribution in [0.3, 0.4) is 0 Å². The molecule has 0 saturated heterocycles. The van der Waals surface area contributed by atoms with E-state index in [1.165, 1.54) is 24.9 Å². The van der Waals surface area contributed by atoms with E-state index >= 15 is 0 Å². The molecule has 0 radical (unpaired) electrons. The molecule has 0 amide bonds. The number of benzene rings is 2. The van der Waals surface area contributed by atoms with Gasteiger partial charge in [0.25, 0.3) is 0 Å². The van der Waals surface area contributed by atoms with Crippen molar-refractivity contribution in [1.82, 2.24) is 0 Å². The number of hydrogen-bond donors (Lipinski definition) is 1. The molecule has 0 spiro atoms. The van der Waals surface area contributed by atoms with E-state index in [0.29, 0.717) is 12.2 Å². The smallest absolute Gasteiger partial charge is 0.338 e. The van der Waals surface area contributed by atoms with E-state index in [1.54, 1.807) is 24.3 Å². The van der Waals surface area contributed by atoms with Gasteiger partial charge >= 0.3 is 5.97 Å². The summed E-state index contributed by atoms with van der Waals surface area (Å²) in [5.41, 5.74) is 2.59. The molecule has 2 rings (SSSR count). The first-order chi connectivity index (χ1) is 12.4. The van der Waals surface area contributed by atoms with Crippen LogP contribution in [-0.2, 0) is 4.74 Å². The van der Waals surface area contributed by atoms with Crippen molar-refractivity contribution in [1.29, 1.82) is 0 Å². The fourth-order valence-corrected chi connectivity index (χ4v) is 5.69. The number of esters is 1. The van der Waals surface area contributed by atoms with Gasteiger partial charge in [-0.1, -0.05) is 69.2 Å². The zero-order valence-electron chi connectivity index (χ0n) is 16.1. The van der Waals surface area contributed by atoms with Gasteiger partial charge in [0.2, 0.25) is 0 Å².